The topological polar surface area (TPSA) is 63.2 Å². The second-order valence-corrected chi connectivity index (χ2v) is 6.63. The third-order valence-electron chi connectivity index (χ3n) is 4.60. The molecule has 0 radical (unpaired) electrons. The van der Waals surface area contributed by atoms with E-state index in [0.717, 1.165) is 18.7 Å². The fourth-order valence-corrected chi connectivity index (χ4v) is 3.21. The minimum Gasteiger partial charge on any atom is -0.492 e. The minimum absolute atomic E-state index is 0.201. The number of pyridine rings is 1. The number of allylic oxidation sites excluding steroid dienone is 1. The monoisotopic (exact) mass is 365 g/mol. The summed E-state index contributed by atoms with van der Waals surface area (Å²) in [5.41, 5.74) is 3.57. The van der Waals surface area contributed by atoms with Crippen LogP contribution in [0.1, 0.15) is 49.4 Å². The van der Waals surface area contributed by atoms with Crippen LogP contribution in [0.4, 0.5) is 11.4 Å². The Morgan fingerprint density at radius 2 is 2.11 bits per heavy atom. The zero-order valence-electron chi connectivity index (χ0n) is 15.8. The van der Waals surface area contributed by atoms with Gasteiger partial charge in [0.1, 0.15) is 5.75 Å². The molecule has 1 aliphatic carbocycles. The number of nitrogens with one attached hydrogen (secondary N) is 2. The molecule has 0 atom stereocenters. The molecular weight excluding hydrogens is 338 g/mol. The Morgan fingerprint density at radius 1 is 1.22 bits per heavy atom. The van der Waals surface area contributed by atoms with Crippen molar-refractivity contribution in [2.45, 2.75) is 39.0 Å². The maximum atomic E-state index is 12.6. The van der Waals surface area contributed by atoms with Crippen LogP contribution in [0.15, 0.2) is 54.4 Å². The standard InChI is InChI=1S/C22H27N3O2/c1-2-27-21-11-7-6-10-20(21)25-22(26)18-14-19(16-23-15-18)24-13-12-17-8-4-3-5-9-17/h6-8,10-11,14-16,24H,2-5,9,12-13H2,1H3,(H,25,26). The van der Waals surface area contributed by atoms with Crippen LogP contribution < -0.4 is 15.4 Å². The molecule has 1 aromatic heterocycles. The van der Waals surface area contributed by atoms with E-state index in [0.29, 0.717) is 23.6 Å². The highest BCUT2D eigenvalue weighted by Crippen LogP contribution is 2.24. The Labute approximate surface area is 160 Å². The Balaban J connectivity index is 1.59. The molecule has 5 nitrogen and oxygen atoms in total. The number of rotatable bonds is 8. The van der Waals surface area contributed by atoms with Crippen LogP contribution in [0.5, 0.6) is 5.75 Å². The number of hydrogen-bond acceptors (Lipinski definition) is 4. The van der Waals surface area contributed by atoms with Gasteiger partial charge in [-0.1, -0.05) is 23.8 Å². The molecule has 5 heteroatoms. The molecule has 1 aromatic carbocycles. The summed E-state index contributed by atoms with van der Waals surface area (Å²) in [5.74, 6) is 0.463. The van der Waals surface area contributed by atoms with E-state index in [2.05, 4.69) is 21.7 Å². The van der Waals surface area contributed by atoms with Crippen LogP contribution in [0.2, 0.25) is 0 Å². The summed E-state index contributed by atoms with van der Waals surface area (Å²) in [6.07, 6.45) is 11.8. The van der Waals surface area contributed by atoms with Crippen molar-refractivity contribution in [2.75, 3.05) is 23.8 Å². The number of amides is 1. The van der Waals surface area contributed by atoms with Crippen LogP contribution in [0.3, 0.4) is 0 Å². The Hall–Kier alpha value is -2.82. The number of hydrogen-bond donors (Lipinski definition) is 2. The second-order valence-electron chi connectivity index (χ2n) is 6.63. The Bertz CT molecular complexity index is 802. The van der Waals surface area contributed by atoms with E-state index < -0.39 is 0 Å². The molecule has 0 spiro atoms. The molecular formula is C22H27N3O2. The maximum absolute atomic E-state index is 12.6. The van der Waals surface area contributed by atoms with E-state index in [1.54, 1.807) is 12.4 Å². The van der Waals surface area contributed by atoms with Gasteiger partial charge in [-0.05, 0) is 57.2 Å². The summed E-state index contributed by atoms with van der Waals surface area (Å²) in [6, 6.07) is 9.26. The lowest BCUT2D eigenvalue weighted by atomic mass is 9.97. The third-order valence-corrected chi connectivity index (χ3v) is 4.60. The predicted molar refractivity (Wildman–Crippen MR) is 109 cm³/mol. The SMILES string of the molecule is CCOc1ccccc1NC(=O)c1cncc(NCCC2=CCCCC2)c1. The average Bonchev–Trinajstić information content (AvgIpc) is 2.71. The molecule has 27 heavy (non-hydrogen) atoms. The molecule has 0 unspecified atom stereocenters. The smallest absolute Gasteiger partial charge is 0.257 e. The van der Waals surface area contributed by atoms with E-state index in [1.165, 1.54) is 31.3 Å². The van der Waals surface area contributed by atoms with Crippen molar-refractivity contribution in [1.82, 2.24) is 4.98 Å². The first-order valence-electron chi connectivity index (χ1n) is 9.66. The van der Waals surface area contributed by atoms with Crippen molar-refractivity contribution in [1.29, 1.82) is 0 Å². The van der Waals surface area contributed by atoms with Crippen molar-refractivity contribution in [3.8, 4) is 5.75 Å². The molecule has 0 bridgehead atoms. The van der Waals surface area contributed by atoms with Gasteiger partial charge in [-0.2, -0.15) is 0 Å². The van der Waals surface area contributed by atoms with Crippen LogP contribution in [-0.4, -0.2) is 24.0 Å². The number of aromatic nitrogens is 1. The zero-order valence-corrected chi connectivity index (χ0v) is 15.8. The Morgan fingerprint density at radius 3 is 2.93 bits per heavy atom. The van der Waals surface area contributed by atoms with Crippen LogP contribution in [0, 0.1) is 0 Å². The molecule has 0 saturated carbocycles. The molecule has 0 saturated heterocycles. The van der Waals surface area contributed by atoms with Gasteiger partial charge >= 0.3 is 0 Å². The quantitative estimate of drug-likeness (QED) is 0.644. The van der Waals surface area contributed by atoms with E-state index in [1.807, 2.05) is 37.3 Å². The van der Waals surface area contributed by atoms with Gasteiger partial charge in [-0.25, -0.2) is 0 Å². The largest absolute Gasteiger partial charge is 0.492 e. The predicted octanol–water partition coefficient (Wildman–Crippen LogP) is 5.04. The van der Waals surface area contributed by atoms with Gasteiger partial charge < -0.3 is 15.4 Å². The van der Waals surface area contributed by atoms with E-state index >= 15 is 0 Å². The second kappa shape index (κ2) is 9.76. The van der Waals surface area contributed by atoms with Gasteiger partial charge in [0.15, 0.2) is 0 Å². The summed E-state index contributed by atoms with van der Waals surface area (Å²) in [5, 5.41) is 6.28. The van der Waals surface area contributed by atoms with Crippen LogP contribution in [0.25, 0.3) is 0 Å². The fraction of sp³-hybridized carbons (Fsp3) is 0.364. The van der Waals surface area contributed by atoms with E-state index in [-0.39, 0.29) is 5.91 Å². The number of nitrogens with zero attached hydrogens (tertiary/aromatic N) is 1. The first kappa shape index (κ1) is 19.0. The lowest BCUT2D eigenvalue weighted by molar-refractivity contribution is 0.102. The molecule has 142 valence electrons. The Kier molecular flexibility index (Phi) is 6.85. The summed E-state index contributed by atoms with van der Waals surface area (Å²) >= 11 is 0. The highest BCUT2D eigenvalue weighted by atomic mass is 16.5. The number of benzene rings is 1. The lowest BCUT2D eigenvalue weighted by Gasteiger charge is -2.14. The van der Waals surface area contributed by atoms with Crippen molar-refractivity contribution in [2.24, 2.45) is 0 Å². The fourth-order valence-electron chi connectivity index (χ4n) is 3.21. The number of ether oxygens (including phenoxy) is 1. The molecule has 1 amide bonds. The first-order valence-corrected chi connectivity index (χ1v) is 9.66. The van der Waals surface area contributed by atoms with Gasteiger partial charge in [0.05, 0.1) is 23.5 Å². The highest BCUT2D eigenvalue weighted by Gasteiger charge is 2.11. The number of para-hydroxylation sites is 2. The zero-order chi connectivity index (χ0) is 18.9. The van der Waals surface area contributed by atoms with Crippen molar-refractivity contribution in [3.05, 3.63) is 59.9 Å². The molecule has 0 fully saturated rings. The summed E-state index contributed by atoms with van der Waals surface area (Å²) in [7, 11) is 0. The third kappa shape index (κ3) is 5.58. The van der Waals surface area contributed by atoms with Crippen LogP contribution >= 0.6 is 0 Å². The average molecular weight is 365 g/mol. The van der Waals surface area contributed by atoms with E-state index in [9.17, 15) is 4.79 Å². The van der Waals surface area contributed by atoms with Gasteiger partial charge in [-0.3, -0.25) is 9.78 Å². The molecule has 0 aliphatic heterocycles. The summed E-state index contributed by atoms with van der Waals surface area (Å²) in [4.78, 5) is 16.8. The molecule has 2 aromatic rings. The number of carbonyl (C=O) groups is 1. The molecule has 1 aliphatic rings. The van der Waals surface area contributed by atoms with Crippen LogP contribution in [-0.2, 0) is 0 Å². The summed E-state index contributed by atoms with van der Waals surface area (Å²) in [6.45, 7) is 3.32. The minimum atomic E-state index is -0.201. The van der Waals surface area contributed by atoms with Gasteiger partial charge in [0.2, 0.25) is 0 Å². The normalized spacial score (nSPS) is 13.6. The van der Waals surface area contributed by atoms with Crippen molar-refractivity contribution < 1.29 is 9.53 Å². The maximum Gasteiger partial charge on any atom is 0.257 e. The summed E-state index contributed by atoms with van der Waals surface area (Å²) < 4.78 is 5.56. The highest BCUT2D eigenvalue weighted by molar-refractivity contribution is 6.05. The molecule has 3 rings (SSSR count). The van der Waals surface area contributed by atoms with Gasteiger partial charge in [0.25, 0.3) is 5.91 Å². The van der Waals surface area contributed by atoms with Gasteiger partial charge in [0, 0.05) is 18.9 Å². The van der Waals surface area contributed by atoms with Gasteiger partial charge in [-0.15, -0.1) is 0 Å². The first-order chi connectivity index (χ1) is 13.3. The lowest BCUT2D eigenvalue weighted by Crippen LogP contribution is -2.14. The van der Waals surface area contributed by atoms with E-state index in [4.69, 9.17) is 4.74 Å². The number of carbonyl (C=O) groups excluding carboxylic acids is 1. The number of anilines is 2. The van der Waals surface area contributed by atoms with Crippen molar-refractivity contribution >= 4 is 17.3 Å². The molecule has 1 heterocycles. The molecule has 2 N–H and O–H groups in total. The van der Waals surface area contributed by atoms with Crippen molar-refractivity contribution in [3.63, 3.8) is 0 Å².